The molecule has 144 valence electrons. The van der Waals surface area contributed by atoms with Crippen LogP contribution < -0.4 is 18.9 Å². The Hall–Kier alpha value is -2.54. The van der Waals surface area contributed by atoms with Crippen LogP contribution in [0, 0.1) is 0 Å². The lowest BCUT2D eigenvalue weighted by molar-refractivity contribution is -0.128. The van der Waals surface area contributed by atoms with E-state index in [-0.39, 0.29) is 11.3 Å². The van der Waals surface area contributed by atoms with Crippen LogP contribution >= 0.6 is 11.8 Å². The summed E-state index contributed by atoms with van der Waals surface area (Å²) < 4.78 is 21.7. The summed E-state index contributed by atoms with van der Waals surface area (Å²) in [6, 6.07) is 11.5. The van der Waals surface area contributed by atoms with Crippen molar-refractivity contribution < 1.29 is 23.7 Å². The highest BCUT2D eigenvalue weighted by Crippen LogP contribution is 2.49. The molecule has 1 unspecified atom stereocenters. The quantitative estimate of drug-likeness (QED) is 0.723. The lowest BCUT2D eigenvalue weighted by Crippen LogP contribution is -2.28. The summed E-state index contributed by atoms with van der Waals surface area (Å²) in [6.45, 7) is 0.512. The van der Waals surface area contributed by atoms with Gasteiger partial charge in [-0.05, 0) is 29.8 Å². The van der Waals surface area contributed by atoms with Crippen molar-refractivity contribution in [1.82, 2.24) is 4.90 Å². The van der Waals surface area contributed by atoms with E-state index in [9.17, 15) is 4.79 Å². The van der Waals surface area contributed by atoms with Crippen LogP contribution in [0.3, 0.4) is 0 Å². The van der Waals surface area contributed by atoms with Crippen molar-refractivity contribution in [1.29, 1.82) is 0 Å². The summed E-state index contributed by atoms with van der Waals surface area (Å²) in [6.07, 6.45) is 0. The minimum Gasteiger partial charge on any atom is -0.497 e. The number of methoxy groups -OCH3 is 4. The van der Waals surface area contributed by atoms with Gasteiger partial charge in [-0.2, -0.15) is 0 Å². The molecule has 1 amide bonds. The van der Waals surface area contributed by atoms with Crippen LogP contribution in [0.2, 0.25) is 0 Å². The van der Waals surface area contributed by atoms with Gasteiger partial charge in [0.25, 0.3) is 0 Å². The molecule has 1 fully saturated rings. The maximum absolute atomic E-state index is 12.5. The SMILES string of the molecule is COc1ccc(CN2C(=O)CSC2c2ccc(OC)c(OC)c2OC)cc1. The third kappa shape index (κ3) is 3.78. The predicted octanol–water partition coefficient (Wildman–Crippen LogP) is 3.50. The van der Waals surface area contributed by atoms with Gasteiger partial charge in [0.1, 0.15) is 11.1 Å². The third-order valence-electron chi connectivity index (χ3n) is 4.48. The minimum absolute atomic E-state index is 0.0951. The fourth-order valence-corrected chi connectivity index (χ4v) is 4.33. The molecule has 1 saturated heterocycles. The van der Waals surface area contributed by atoms with Crippen molar-refractivity contribution >= 4 is 17.7 Å². The molecular formula is C20H23NO5S. The van der Waals surface area contributed by atoms with E-state index in [0.29, 0.717) is 29.5 Å². The lowest BCUT2D eigenvalue weighted by Gasteiger charge is -2.26. The Labute approximate surface area is 163 Å². The van der Waals surface area contributed by atoms with E-state index in [2.05, 4.69) is 0 Å². The number of nitrogens with zero attached hydrogens (tertiary/aromatic N) is 1. The summed E-state index contributed by atoms with van der Waals surface area (Å²) in [4.78, 5) is 14.4. The van der Waals surface area contributed by atoms with Crippen LogP contribution in [-0.4, -0.2) is 45.0 Å². The predicted molar refractivity (Wildman–Crippen MR) is 105 cm³/mol. The van der Waals surface area contributed by atoms with Crippen LogP contribution in [0.4, 0.5) is 0 Å². The fraction of sp³-hybridized carbons (Fsp3) is 0.350. The number of carbonyl (C=O) groups is 1. The Balaban J connectivity index is 1.93. The summed E-state index contributed by atoms with van der Waals surface area (Å²) in [5.74, 6) is 3.02. The average Bonchev–Trinajstić information content (AvgIpc) is 3.07. The van der Waals surface area contributed by atoms with E-state index in [1.165, 1.54) is 0 Å². The molecule has 0 aliphatic carbocycles. The van der Waals surface area contributed by atoms with Gasteiger partial charge in [-0.25, -0.2) is 0 Å². The topological polar surface area (TPSA) is 57.2 Å². The number of ether oxygens (including phenoxy) is 4. The molecule has 1 aliphatic rings. The number of thioether (sulfide) groups is 1. The van der Waals surface area contributed by atoms with Crippen molar-refractivity contribution in [2.75, 3.05) is 34.2 Å². The van der Waals surface area contributed by atoms with Crippen molar-refractivity contribution in [2.45, 2.75) is 11.9 Å². The normalized spacial score (nSPS) is 16.4. The zero-order valence-electron chi connectivity index (χ0n) is 15.9. The molecule has 0 saturated carbocycles. The van der Waals surface area contributed by atoms with E-state index >= 15 is 0 Å². The molecule has 27 heavy (non-hydrogen) atoms. The standard InChI is InChI=1S/C20H23NO5S/c1-23-14-7-5-13(6-8-14)11-21-17(22)12-27-20(21)15-9-10-16(24-2)19(26-4)18(15)25-3/h5-10,20H,11-12H2,1-4H3. The highest BCUT2D eigenvalue weighted by atomic mass is 32.2. The lowest BCUT2D eigenvalue weighted by atomic mass is 10.1. The molecule has 0 N–H and O–H groups in total. The second-order valence-electron chi connectivity index (χ2n) is 5.96. The summed E-state index contributed by atoms with van der Waals surface area (Å²) in [7, 11) is 6.39. The smallest absolute Gasteiger partial charge is 0.234 e. The average molecular weight is 389 g/mol. The molecular weight excluding hydrogens is 366 g/mol. The molecule has 0 bridgehead atoms. The second-order valence-corrected chi connectivity index (χ2v) is 7.03. The van der Waals surface area contributed by atoms with Crippen molar-refractivity contribution in [3.63, 3.8) is 0 Å². The Kier molecular flexibility index (Phi) is 6.01. The first-order valence-corrected chi connectivity index (χ1v) is 9.50. The molecule has 6 nitrogen and oxygen atoms in total. The third-order valence-corrected chi connectivity index (χ3v) is 5.72. The van der Waals surface area contributed by atoms with E-state index < -0.39 is 0 Å². The first-order valence-electron chi connectivity index (χ1n) is 8.45. The van der Waals surface area contributed by atoms with Crippen LogP contribution in [0.25, 0.3) is 0 Å². The molecule has 0 spiro atoms. The van der Waals surface area contributed by atoms with Gasteiger partial charge >= 0.3 is 0 Å². The van der Waals surface area contributed by atoms with E-state index in [1.807, 2.05) is 41.3 Å². The Morgan fingerprint density at radius 3 is 2.22 bits per heavy atom. The molecule has 3 rings (SSSR count). The molecule has 1 atom stereocenters. The molecule has 7 heteroatoms. The maximum Gasteiger partial charge on any atom is 0.234 e. The van der Waals surface area contributed by atoms with Crippen LogP contribution in [0.1, 0.15) is 16.5 Å². The maximum atomic E-state index is 12.5. The highest BCUT2D eigenvalue weighted by molar-refractivity contribution is 8.00. The summed E-state index contributed by atoms with van der Waals surface area (Å²) >= 11 is 1.58. The van der Waals surface area contributed by atoms with Crippen LogP contribution in [0.15, 0.2) is 36.4 Å². The number of benzene rings is 2. The van der Waals surface area contributed by atoms with Crippen LogP contribution in [-0.2, 0) is 11.3 Å². The second kappa shape index (κ2) is 8.43. The number of hydrogen-bond donors (Lipinski definition) is 0. The zero-order valence-corrected chi connectivity index (χ0v) is 16.7. The van der Waals surface area contributed by atoms with E-state index in [0.717, 1.165) is 16.9 Å². The summed E-state index contributed by atoms with van der Waals surface area (Å²) in [5.41, 5.74) is 1.93. The fourth-order valence-electron chi connectivity index (χ4n) is 3.13. The monoisotopic (exact) mass is 389 g/mol. The number of carbonyl (C=O) groups excluding carboxylic acids is 1. The van der Waals surface area contributed by atoms with Gasteiger partial charge in [0.05, 0.1) is 34.2 Å². The van der Waals surface area contributed by atoms with Gasteiger partial charge < -0.3 is 23.8 Å². The van der Waals surface area contributed by atoms with Gasteiger partial charge in [0.2, 0.25) is 11.7 Å². The minimum atomic E-state index is -0.158. The first-order chi connectivity index (χ1) is 13.1. The van der Waals surface area contributed by atoms with E-state index in [1.54, 1.807) is 40.2 Å². The summed E-state index contributed by atoms with van der Waals surface area (Å²) in [5, 5.41) is -0.158. The number of hydrogen-bond acceptors (Lipinski definition) is 6. The molecule has 2 aromatic rings. The highest BCUT2D eigenvalue weighted by Gasteiger charge is 2.36. The largest absolute Gasteiger partial charge is 0.497 e. The molecule has 2 aromatic carbocycles. The molecule has 1 aliphatic heterocycles. The number of amides is 1. The van der Waals surface area contributed by atoms with Crippen molar-refractivity contribution in [3.05, 3.63) is 47.5 Å². The molecule has 0 radical (unpaired) electrons. The van der Waals surface area contributed by atoms with Gasteiger partial charge in [0.15, 0.2) is 11.5 Å². The van der Waals surface area contributed by atoms with Gasteiger partial charge in [-0.3, -0.25) is 4.79 Å². The van der Waals surface area contributed by atoms with Crippen LogP contribution in [0.5, 0.6) is 23.0 Å². The first kappa shape index (κ1) is 19.2. The Bertz CT molecular complexity index is 809. The molecule has 1 heterocycles. The Morgan fingerprint density at radius 2 is 1.63 bits per heavy atom. The molecule has 0 aromatic heterocycles. The van der Waals surface area contributed by atoms with Crippen molar-refractivity contribution in [3.8, 4) is 23.0 Å². The van der Waals surface area contributed by atoms with Crippen molar-refractivity contribution in [2.24, 2.45) is 0 Å². The Morgan fingerprint density at radius 1 is 0.926 bits per heavy atom. The van der Waals surface area contributed by atoms with Gasteiger partial charge in [-0.15, -0.1) is 11.8 Å². The zero-order chi connectivity index (χ0) is 19.4. The van der Waals surface area contributed by atoms with Gasteiger partial charge in [-0.1, -0.05) is 12.1 Å². The number of rotatable bonds is 7. The van der Waals surface area contributed by atoms with Gasteiger partial charge in [0, 0.05) is 12.1 Å². The van der Waals surface area contributed by atoms with E-state index in [4.69, 9.17) is 18.9 Å².